The Morgan fingerprint density at radius 2 is 1.69 bits per heavy atom. The molecular formula is C22H26NO3+. The Hall–Kier alpha value is -2.30. The standard InChI is InChI=1S/C22H26NO3/c1-22(2,19-6-4-3-5-7-19)20-10-8-18(9-11-20)17-26-21(24)16-23-12-14-25-15-13-23/h3-11H,1,12-17H2,2H3/q+1. The molecule has 2 aromatic carbocycles. The summed E-state index contributed by atoms with van der Waals surface area (Å²) in [6.07, 6.45) is 0. The van der Waals surface area contributed by atoms with Gasteiger partial charge >= 0.3 is 5.97 Å². The van der Waals surface area contributed by atoms with E-state index in [1.807, 2.05) is 30.3 Å². The maximum Gasteiger partial charge on any atom is 0.320 e. The average Bonchev–Trinajstić information content (AvgIpc) is 2.68. The van der Waals surface area contributed by atoms with Crippen LogP contribution in [0.25, 0.3) is 0 Å². The van der Waals surface area contributed by atoms with Gasteiger partial charge in [-0.15, -0.1) is 0 Å². The number of esters is 1. The van der Waals surface area contributed by atoms with Crippen LogP contribution in [0, 0.1) is 6.92 Å². The number of ether oxygens (including phenoxy) is 2. The number of nitrogens with zero attached hydrogens (tertiary/aromatic N) is 1. The molecule has 0 aliphatic carbocycles. The maximum absolute atomic E-state index is 12.0. The summed E-state index contributed by atoms with van der Waals surface area (Å²) in [7, 11) is 0. The molecule has 26 heavy (non-hydrogen) atoms. The van der Waals surface area contributed by atoms with E-state index in [1.165, 1.54) is 5.56 Å². The summed E-state index contributed by atoms with van der Waals surface area (Å²) in [6, 6.07) is 18.4. The van der Waals surface area contributed by atoms with E-state index in [9.17, 15) is 4.79 Å². The number of carbonyl (C=O) groups excluding carboxylic acids is 1. The van der Waals surface area contributed by atoms with Crippen LogP contribution in [0.5, 0.6) is 0 Å². The Morgan fingerprint density at radius 3 is 2.35 bits per heavy atom. The molecule has 1 saturated heterocycles. The number of morpholine rings is 1. The monoisotopic (exact) mass is 352 g/mol. The molecule has 1 fully saturated rings. The zero-order valence-electron chi connectivity index (χ0n) is 15.3. The molecule has 1 heterocycles. The Bertz CT molecular complexity index is 704. The van der Waals surface area contributed by atoms with Gasteiger partial charge in [-0.2, -0.15) is 0 Å². The third-order valence-corrected chi connectivity index (χ3v) is 4.86. The summed E-state index contributed by atoms with van der Waals surface area (Å²) >= 11 is 0. The highest BCUT2D eigenvalue weighted by Gasteiger charge is 2.30. The highest BCUT2D eigenvalue weighted by atomic mass is 16.5. The third-order valence-electron chi connectivity index (χ3n) is 4.86. The minimum atomic E-state index is -0.313. The lowest BCUT2D eigenvalue weighted by molar-refractivity contribution is -0.147. The van der Waals surface area contributed by atoms with Crippen LogP contribution < -0.4 is 0 Å². The van der Waals surface area contributed by atoms with Crippen LogP contribution in [-0.2, 0) is 26.3 Å². The molecule has 3 rings (SSSR count). The lowest BCUT2D eigenvalue weighted by atomic mass is 9.78. The van der Waals surface area contributed by atoms with Crippen molar-refractivity contribution in [2.75, 3.05) is 32.8 Å². The fourth-order valence-corrected chi connectivity index (χ4v) is 3.09. The maximum atomic E-state index is 12.0. The highest BCUT2D eigenvalue weighted by molar-refractivity contribution is 5.71. The van der Waals surface area contributed by atoms with Gasteiger partial charge in [-0.25, -0.2) is 0 Å². The molecule has 2 aromatic rings. The molecule has 4 heteroatoms. The van der Waals surface area contributed by atoms with Crippen molar-refractivity contribution in [3.05, 3.63) is 78.2 Å². The van der Waals surface area contributed by atoms with E-state index in [0.29, 0.717) is 26.4 Å². The number of carbonyl (C=O) groups is 1. The van der Waals surface area contributed by atoms with Crippen LogP contribution in [-0.4, -0.2) is 43.7 Å². The van der Waals surface area contributed by atoms with Gasteiger partial charge in [-0.3, -0.25) is 9.69 Å². The molecule has 1 atom stereocenters. The van der Waals surface area contributed by atoms with E-state index in [-0.39, 0.29) is 11.4 Å². The van der Waals surface area contributed by atoms with E-state index in [1.54, 1.807) is 0 Å². The first-order chi connectivity index (χ1) is 12.6. The predicted molar refractivity (Wildman–Crippen MR) is 102 cm³/mol. The van der Waals surface area contributed by atoms with E-state index in [4.69, 9.17) is 9.47 Å². The van der Waals surface area contributed by atoms with Crippen molar-refractivity contribution in [3.63, 3.8) is 0 Å². The van der Waals surface area contributed by atoms with Gasteiger partial charge in [0.25, 0.3) is 0 Å². The van der Waals surface area contributed by atoms with Crippen molar-refractivity contribution < 1.29 is 14.3 Å². The molecule has 1 aliphatic heterocycles. The second kappa shape index (κ2) is 8.39. The van der Waals surface area contributed by atoms with E-state index in [2.05, 4.69) is 43.0 Å². The van der Waals surface area contributed by atoms with E-state index < -0.39 is 0 Å². The molecule has 136 valence electrons. The van der Waals surface area contributed by atoms with Gasteiger partial charge in [-0.1, -0.05) is 54.6 Å². The van der Waals surface area contributed by atoms with Crippen LogP contribution in [0.1, 0.15) is 23.6 Å². The first-order valence-electron chi connectivity index (χ1n) is 9.02. The van der Waals surface area contributed by atoms with Crippen molar-refractivity contribution in [3.8, 4) is 0 Å². The molecule has 0 saturated carbocycles. The zero-order valence-corrected chi connectivity index (χ0v) is 15.3. The van der Waals surface area contributed by atoms with Crippen molar-refractivity contribution in [1.82, 2.24) is 4.90 Å². The fourth-order valence-electron chi connectivity index (χ4n) is 3.09. The van der Waals surface area contributed by atoms with Gasteiger partial charge in [0.1, 0.15) is 6.61 Å². The first kappa shape index (κ1) is 18.5. The van der Waals surface area contributed by atoms with Gasteiger partial charge in [0, 0.05) is 24.2 Å². The van der Waals surface area contributed by atoms with Gasteiger partial charge < -0.3 is 9.47 Å². The summed E-state index contributed by atoms with van der Waals surface area (Å²) in [6.45, 7) is 10.0. The number of hydrogen-bond acceptors (Lipinski definition) is 4. The Morgan fingerprint density at radius 1 is 1.08 bits per heavy atom. The van der Waals surface area contributed by atoms with Gasteiger partial charge in [0.15, 0.2) is 5.41 Å². The molecule has 4 nitrogen and oxygen atoms in total. The molecule has 0 bridgehead atoms. The van der Waals surface area contributed by atoms with E-state index >= 15 is 0 Å². The minimum absolute atomic E-state index is 0.192. The Kier molecular flexibility index (Phi) is 5.96. The van der Waals surface area contributed by atoms with Crippen LogP contribution >= 0.6 is 0 Å². The van der Waals surface area contributed by atoms with Crippen molar-refractivity contribution >= 4 is 5.97 Å². The quantitative estimate of drug-likeness (QED) is 0.591. The smallest absolute Gasteiger partial charge is 0.320 e. The third kappa shape index (κ3) is 4.65. The lowest BCUT2D eigenvalue weighted by Gasteiger charge is -2.25. The fraction of sp³-hybridized carbons (Fsp3) is 0.364. The molecule has 0 radical (unpaired) electrons. The van der Waals surface area contributed by atoms with Crippen LogP contribution in [0.15, 0.2) is 54.6 Å². The second-order valence-corrected chi connectivity index (χ2v) is 6.94. The van der Waals surface area contributed by atoms with Crippen LogP contribution in [0.4, 0.5) is 0 Å². The summed E-state index contributed by atoms with van der Waals surface area (Å²) in [5.74, 6) is -0.192. The molecule has 0 N–H and O–H groups in total. The van der Waals surface area contributed by atoms with Crippen molar-refractivity contribution in [1.29, 1.82) is 0 Å². The van der Waals surface area contributed by atoms with Crippen molar-refractivity contribution in [2.45, 2.75) is 18.9 Å². The summed E-state index contributed by atoms with van der Waals surface area (Å²) < 4.78 is 10.7. The highest BCUT2D eigenvalue weighted by Crippen LogP contribution is 2.30. The molecule has 0 aromatic heterocycles. The molecule has 0 spiro atoms. The Labute approximate surface area is 155 Å². The number of benzene rings is 2. The van der Waals surface area contributed by atoms with Crippen LogP contribution in [0.3, 0.4) is 0 Å². The Balaban J connectivity index is 1.55. The minimum Gasteiger partial charge on any atom is -0.460 e. The second-order valence-electron chi connectivity index (χ2n) is 6.94. The summed E-state index contributed by atoms with van der Waals surface area (Å²) in [5.41, 5.74) is 2.97. The lowest BCUT2D eigenvalue weighted by Crippen LogP contribution is -2.40. The average molecular weight is 352 g/mol. The molecular weight excluding hydrogens is 326 g/mol. The zero-order chi connectivity index (χ0) is 18.4. The normalized spacial score (nSPS) is 17.4. The molecule has 1 aliphatic rings. The van der Waals surface area contributed by atoms with E-state index in [0.717, 1.165) is 24.2 Å². The molecule has 1 unspecified atom stereocenters. The van der Waals surface area contributed by atoms with Crippen LogP contribution in [0.2, 0.25) is 0 Å². The summed E-state index contributed by atoms with van der Waals surface area (Å²) in [4.78, 5) is 14.0. The van der Waals surface area contributed by atoms with Gasteiger partial charge in [0.2, 0.25) is 0 Å². The number of hydrogen-bond donors (Lipinski definition) is 0. The summed E-state index contributed by atoms with van der Waals surface area (Å²) in [5, 5.41) is 0. The predicted octanol–water partition coefficient (Wildman–Crippen LogP) is 3.20. The van der Waals surface area contributed by atoms with Gasteiger partial charge in [-0.05, 0) is 12.5 Å². The topological polar surface area (TPSA) is 38.8 Å². The largest absolute Gasteiger partial charge is 0.460 e. The number of rotatable bonds is 6. The first-order valence-corrected chi connectivity index (χ1v) is 9.02. The SMILES string of the molecule is [CH2+]C(C)(c1ccccc1)c1ccc(COC(=O)CN2CCOCC2)cc1. The molecule has 0 amide bonds. The van der Waals surface area contributed by atoms with Gasteiger partial charge in [0.05, 0.1) is 26.7 Å². The van der Waals surface area contributed by atoms with Crippen molar-refractivity contribution in [2.24, 2.45) is 0 Å².